The zero-order chi connectivity index (χ0) is 15.7. The Morgan fingerprint density at radius 2 is 1.86 bits per heavy atom. The van der Waals surface area contributed by atoms with Crippen molar-refractivity contribution in [2.75, 3.05) is 0 Å². The van der Waals surface area contributed by atoms with Gasteiger partial charge in [0.2, 0.25) is 5.89 Å². The Labute approximate surface area is 130 Å². The van der Waals surface area contributed by atoms with Gasteiger partial charge in [0.25, 0.3) is 0 Å². The van der Waals surface area contributed by atoms with Gasteiger partial charge in [0.05, 0.1) is 5.56 Å². The molecule has 0 saturated heterocycles. The van der Waals surface area contributed by atoms with Crippen molar-refractivity contribution in [3.8, 4) is 28.7 Å². The van der Waals surface area contributed by atoms with Crippen LogP contribution in [0.5, 0.6) is 5.75 Å². The zero-order valence-corrected chi connectivity index (χ0v) is 13.8. The molecule has 110 valence electrons. The molecule has 0 amide bonds. The number of phenolic OH excluding ortho intramolecular Hbond substituents is 1. The molecule has 4 heteroatoms. The highest BCUT2D eigenvalue weighted by molar-refractivity contribution is 6.83. The third-order valence-corrected chi connectivity index (χ3v) is 3.98. The lowest BCUT2D eigenvalue weighted by molar-refractivity contribution is 0.474. The lowest BCUT2D eigenvalue weighted by Gasteiger charge is -2.04. The fourth-order valence-electron chi connectivity index (χ4n) is 2.03. The molecule has 0 aliphatic heterocycles. The first kappa shape index (κ1) is 14.4. The van der Waals surface area contributed by atoms with E-state index in [-0.39, 0.29) is 5.75 Å². The smallest absolute Gasteiger partial charge is 0.231 e. The summed E-state index contributed by atoms with van der Waals surface area (Å²) in [6.45, 7) is 6.59. The van der Waals surface area contributed by atoms with Crippen LogP contribution >= 0.6 is 0 Å². The van der Waals surface area contributed by atoms with Crippen LogP contribution in [-0.2, 0) is 0 Å². The van der Waals surface area contributed by atoms with E-state index in [0.29, 0.717) is 17.0 Å². The number of hydrogen-bond donors (Lipinski definition) is 1. The average Bonchev–Trinajstić information content (AvgIpc) is 2.89. The number of phenols is 1. The number of oxazole rings is 1. The Kier molecular flexibility index (Phi) is 3.51. The molecule has 0 aliphatic rings. The van der Waals surface area contributed by atoms with Gasteiger partial charge in [0.1, 0.15) is 19.3 Å². The molecule has 1 N–H and O–H groups in total. The quantitative estimate of drug-likeness (QED) is 0.534. The second-order valence-electron chi connectivity index (χ2n) is 6.22. The van der Waals surface area contributed by atoms with Crippen LogP contribution in [0.3, 0.4) is 0 Å². The highest BCUT2D eigenvalue weighted by Crippen LogP contribution is 2.31. The van der Waals surface area contributed by atoms with Crippen molar-refractivity contribution in [3.05, 3.63) is 48.0 Å². The summed E-state index contributed by atoms with van der Waals surface area (Å²) in [5.74, 6) is 3.74. The van der Waals surface area contributed by atoms with E-state index in [1.807, 2.05) is 36.4 Å². The van der Waals surface area contributed by atoms with E-state index in [1.54, 1.807) is 6.07 Å². The molecule has 0 spiro atoms. The van der Waals surface area contributed by atoms with Crippen LogP contribution < -0.4 is 0 Å². The van der Waals surface area contributed by atoms with Crippen molar-refractivity contribution in [1.82, 2.24) is 4.98 Å². The van der Waals surface area contributed by atoms with Gasteiger partial charge < -0.3 is 9.52 Å². The van der Waals surface area contributed by atoms with Gasteiger partial charge in [-0.1, -0.05) is 37.7 Å². The largest absolute Gasteiger partial charge is 0.507 e. The molecule has 2 aromatic carbocycles. The maximum Gasteiger partial charge on any atom is 0.231 e. The fourth-order valence-corrected chi connectivity index (χ4v) is 2.55. The zero-order valence-electron chi connectivity index (χ0n) is 12.8. The molecule has 0 bridgehead atoms. The van der Waals surface area contributed by atoms with Gasteiger partial charge in [0, 0.05) is 5.56 Å². The van der Waals surface area contributed by atoms with E-state index in [0.717, 1.165) is 11.1 Å². The Balaban J connectivity index is 2.07. The first-order chi connectivity index (χ1) is 10.4. The van der Waals surface area contributed by atoms with Crippen LogP contribution in [-0.4, -0.2) is 18.2 Å². The molecule has 1 heterocycles. The Morgan fingerprint density at radius 1 is 1.09 bits per heavy atom. The Hall–Kier alpha value is -2.51. The first-order valence-corrected chi connectivity index (χ1v) is 10.6. The fraction of sp³-hybridized carbons (Fsp3) is 0.167. The van der Waals surface area contributed by atoms with Gasteiger partial charge in [-0.05, 0) is 30.3 Å². The average molecular weight is 307 g/mol. The predicted molar refractivity (Wildman–Crippen MR) is 91.3 cm³/mol. The van der Waals surface area contributed by atoms with Gasteiger partial charge in [-0.15, -0.1) is 5.54 Å². The molecule has 0 fully saturated rings. The maximum absolute atomic E-state index is 10.1. The number of hydrogen-bond acceptors (Lipinski definition) is 3. The highest BCUT2D eigenvalue weighted by Gasteiger charge is 2.13. The van der Waals surface area contributed by atoms with Gasteiger partial charge >= 0.3 is 0 Å². The lowest BCUT2D eigenvalue weighted by Crippen LogP contribution is -2.16. The topological polar surface area (TPSA) is 46.3 Å². The van der Waals surface area contributed by atoms with Crippen molar-refractivity contribution in [2.45, 2.75) is 19.6 Å². The number of benzene rings is 2. The molecular formula is C18H17NO2Si. The number of aromatic hydroxyl groups is 1. The predicted octanol–water partition coefficient (Wildman–Crippen LogP) is 4.43. The van der Waals surface area contributed by atoms with Gasteiger partial charge in [-0.25, -0.2) is 4.98 Å². The maximum atomic E-state index is 10.1. The van der Waals surface area contributed by atoms with E-state index in [9.17, 15) is 5.11 Å². The van der Waals surface area contributed by atoms with Gasteiger partial charge in [-0.3, -0.25) is 0 Å². The van der Waals surface area contributed by atoms with Gasteiger partial charge in [-0.2, -0.15) is 0 Å². The molecule has 22 heavy (non-hydrogen) atoms. The third kappa shape index (κ3) is 3.05. The number of fused-ring (bicyclic) bond motifs is 1. The summed E-state index contributed by atoms with van der Waals surface area (Å²) in [5.41, 5.74) is 6.22. The summed E-state index contributed by atoms with van der Waals surface area (Å²) in [7, 11) is -1.44. The van der Waals surface area contributed by atoms with Crippen LogP contribution in [0.2, 0.25) is 19.6 Å². The molecule has 0 atom stereocenters. The Bertz CT molecular complexity index is 862. The van der Waals surface area contributed by atoms with E-state index in [4.69, 9.17) is 4.42 Å². The van der Waals surface area contributed by atoms with Crippen LogP contribution in [0, 0.1) is 11.5 Å². The monoisotopic (exact) mass is 307 g/mol. The van der Waals surface area contributed by atoms with Crippen molar-refractivity contribution >= 4 is 19.2 Å². The molecule has 0 saturated carbocycles. The Morgan fingerprint density at radius 3 is 2.59 bits per heavy atom. The van der Waals surface area contributed by atoms with Crippen LogP contribution in [0.1, 0.15) is 5.56 Å². The van der Waals surface area contributed by atoms with E-state index in [2.05, 4.69) is 36.1 Å². The minimum absolute atomic E-state index is 0.144. The molecule has 3 rings (SSSR count). The van der Waals surface area contributed by atoms with Crippen molar-refractivity contribution < 1.29 is 9.52 Å². The second-order valence-corrected chi connectivity index (χ2v) is 11.0. The molecule has 0 unspecified atom stereocenters. The molecule has 3 nitrogen and oxygen atoms in total. The summed E-state index contributed by atoms with van der Waals surface area (Å²) in [5, 5.41) is 10.1. The standard InChI is InChI=1S/C18H17NO2Si/c1-22(2,3)11-10-13-8-9-16(20)14(12-13)18-19-15-6-4-5-7-17(15)21-18/h4-9,12,20H,1-3H3. The molecular weight excluding hydrogens is 290 g/mol. The molecule has 1 aromatic heterocycles. The number of para-hydroxylation sites is 2. The molecule has 0 radical (unpaired) electrons. The highest BCUT2D eigenvalue weighted by atomic mass is 28.3. The SMILES string of the molecule is C[Si](C)(C)C#Cc1ccc(O)c(-c2nc3ccccc3o2)c1. The van der Waals surface area contributed by atoms with Crippen molar-refractivity contribution in [3.63, 3.8) is 0 Å². The van der Waals surface area contributed by atoms with E-state index in [1.165, 1.54) is 0 Å². The summed E-state index contributed by atoms with van der Waals surface area (Å²) >= 11 is 0. The van der Waals surface area contributed by atoms with Gasteiger partial charge in [0.15, 0.2) is 5.58 Å². The number of rotatable bonds is 1. The summed E-state index contributed by atoms with van der Waals surface area (Å²) < 4.78 is 5.72. The van der Waals surface area contributed by atoms with Crippen molar-refractivity contribution in [2.24, 2.45) is 0 Å². The summed E-state index contributed by atoms with van der Waals surface area (Å²) in [6.07, 6.45) is 0. The summed E-state index contributed by atoms with van der Waals surface area (Å²) in [6, 6.07) is 12.8. The van der Waals surface area contributed by atoms with E-state index >= 15 is 0 Å². The number of nitrogens with zero attached hydrogens (tertiary/aromatic N) is 1. The van der Waals surface area contributed by atoms with Crippen LogP contribution in [0.4, 0.5) is 0 Å². The molecule has 3 aromatic rings. The second kappa shape index (κ2) is 5.36. The normalized spacial score (nSPS) is 11.2. The number of aromatic nitrogens is 1. The lowest BCUT2D eigenvalue weighted by atomic mass is 10.1. The first-order valence-electron chi connectivity index (χ1n) is 7.14. The third-order valence-electron chi connectivity index (χ3n) is 3.10. The minimum atomic E-state index is -1.44. The van der Waals surface area contributed by atoms with Crippen LogP contribution in [0.15, 0.2) is 46.9 Å². The van der Waals surface area contributed by atoms with Crippen molar-refractivity contribution in [1.29, 1.82) is 0 Å². The molecule has 0 aliphatic carbocycles. The van der Waals surface area contributed by atoms with E-state index < -0.39 is 8.07 Å². The van der Waals surface area contributed by atoms with Crippen LogP contribution in [0.25, 0.3) is 22.6 Å². The summed E-state index contributed by atoms with van der Waals surface area (Å²) in [4.78, 5) is 4.43. The minimum Gasteiger partial charge on any atom is -0.507 e.